The van der Waals surface area contributed by atoms with E-state index in [9.17, 15) is 9.18 Å². The van der Waals surface area contributed by atoms with Crippen molar-refractivity contribution in [2.45, 2.75) is 44.9 Å². The van der Waals surface area contributed by atoms with Gasteiger partial charge in [0, 0.05) is 24.7 Å². The van der Waals surface area contributed by atoms with Crippen molar-refractivity contribution < 1.29 is 13.9 Å². The van der Waals surface area contributed by atoms with E-state index in [0.29, 0.717) is 25.1 Å². The first kappa shape index (κ1) is 22.8. The predicted octanol–water partition coefficient (Wildman–Crippen LogP) is 5.63. The number of rotatable bonds is 9. The summed E-state index contributed by atoms with van der Waals surface area (Å²) in [6, 6.07) is 14.0. The number of methoxy groups -OCH3 is 1. The molecule has 0 unspecified atom stereocenters. The highest BCUT2D eigenvalue weighted by Gasteiger charge is 2.15. The Labute approximate surface area is 194 Å². The summed E-state index contributed by atoms with van der Waals surface area (Å²) >= 11 is 0. The minimum Gasteiger partial charge on any atom is -0.497 e. The Morgan fingerprint density at radius 3 is 2.82 bits per heavy atom. The second-order valence-electron chi connectivity index (χ2n) is 8.37. The number of nitrogens with one attached hydrogen (secondary N) is 1. The summed E-state index contributed by atoms with van der Waals surface area (Å²) < 4.78 is 20.8. The Kier molecular flexibility index (Phi) is 7.55. The molecule has 172 valence electrons. The molecule has 3 aromatic rings. The summed E-state index contributed by atoms with van der Waals surface area (Å²) in [5.41, 5.74) is 4.67. The van der Waals surface area contributed by atoms with Crippen LogP contribution in [0.5, 0.6) is 5.75 Å². The number of allylic oxidation sites excluding steroid dienone is 1. The Balaban J connectivity index is 1.48. The predicted molar refractivity (Wildman–Crippen MR) is 128 cm³/mol. The second-order valence-corrected chi connectivity index (χ2v) is 8.37. The molecule has 1 aromatic heterocycles. The number of nitrogens with zero attached hydrogens (tertiary/aromatic N) is 2. The van der Waals surface area contributed by atoms with Gasteiger partial charge in [-0.15, -0.1) is 0 Å². The molecule has 0 aliphatic heterocycles. The zero-order valence-corrected chi connectivity index (χ0v) is 19.0. The molecule has 0 atom stereocenters. The smallest absolute Gasteiger partial charge is 0.220 e. The number of amides is 1. The molecule has 4 rings (SSSR count). The van der Waals surface area contributed by atoms with Crippen LogP contribution in [0.3, 0.4) is 0 Å². The molecular weight excluding hydrogens is 417 g/mol. The third kappa shape index (κ3) is 6.09. The first-order valence-electron chi connectivity index (χ1n) is 11.6. The van der Waals surface area contributed by atoms with Gasteiger partial charge in [-0.25, -0.2) is 9.07 Å². The third-order valence-electron chi connectivity index (χ3n) is 5.98. The second kappa shape index (κ2) is 10.9. The summed E-state index contributed by atoms with van der Waals surface area (Å²) in [5, 5.41) is 7.77. The van der Waals surface area contributed by atoms with Crippen LogP contribution in [0.1, 0.15) is 44.1 Å². The molecule has 0 spiro atoms. The molecular formula is C27H30FN3O2. The van der Waals surface area contributed by atoms with E-state index in [-0.39, 0.29) is 11.7 Å². The molecule has 1 aliphatic carbocycles. The number of aromatic nitrogens is 2. The highest BCUT2D eigenvalue weighted by Crippen LogP contribution is 2.28. The Morgan fingerprint density at radius 2 is 2.03 bits per heavy atom. The number of halogens is 1. The van der Waals surface area contributed by atoms with Crippen LogP contribution in [-0.4, -0.2) is 29.3 Å². The number of carbonyl (C=O) groups excluding carboxylic acids is 1. The number of hydrogen-bond donors (Lipinski definition) is 1. The minimum atomic E-state index is -0.320. The van der Waals surface area contributed by atoms with Gasteiger partial charge in [0.1, 0.15) is 11.6 Å². The van der Waals surface area contributed by atoms with E-state index in [1.807, 2.05) is 36.5 Å². The number of aryl methyl sites for hydroxylation is 1. The summed E-state index contributed by atoms with van der Waals surface area (Å²) in [5.74, 6) is 0.440. The van der Waals surface area contributed by atoms with Gasteiger partial charge >= 0.3 is 0 Å². The fourth-order valence-corrected chi connectivity index (χ4v) is 4.19. The standard InChI is InChI=1S/C27H30FN3O2/c1-33-25-12-5-9-21(17-25)27-22(19-31(30-27)24-11-6-10-23(28)18-24)13-14-26(32)29-16-15-20-7-3-2-4-8-20/h5-7,9-12,17-19H,2-4,8,13-16H2,1H3,(H,29,32). The first-order chi connectivity index (χ1) is 16.1. The zero-order chi connectivity index (χ0) is 23.0. The fraction of sp³-hybridized carbons (Fsp3) is 0.333. The SMILES string of the molecule is COc1cccc(-c2nn(-c3cccc(F)c3)cc2CCC(=O)NCCC2=CCCCC2)c1. The Hall–Kier alpha value is -3.41. The Morgan fingerprint density at radius 1 is 1.15 bits per heavy atom. The molecule has 2 aromatic carbocycles. The van der Waals surface area contributed by atoms with E-state index < -0.39 is 0 Å². The summed E-state index contributed by atoms with van der Waals surface area (Å²) in [7, 11) is 1.62. The number of carbonyl (C=O) groups is 1. The molecule has 1 N–H and O–H groups in total. The summed E-state index contributed by atoms with van der Waals surface area (Å²) in [4.78, 5) is 12.5. The molecule has 0 radical (unpaired) electrons. The maximum atomic E-state index is 13.8. The van der Waals surface area contributed by atoms with Gasteiger partial charge in [0.25, 0.3) is 0 Å². The molecule has 0 saturated carbocycles. The van der Waals surface area contributed by atoms with E-state index in [1.54, 1.807) is 17.9 Å². The van der Waals surface area contributed by atoms with E-state index >= 15 is 0 Å². The van der Waals surface area contributed by atoms with Crippen molar-refractivity contribution in [1.82, 2.24) is 15.1 Å². The summed E-state index contributed by atoms with van der Waals surface area (Å²) in [6.45, 7) is 0.677. The van der Waals surface area contributed by atoms with E-state index in [0.717, 1.165) is 41.8 Å². The molecule has 33 heavy (non-hydrogen) atoms. The molecule has 5 nitrogen and oxygen atoms in total. The van der Waals surface area contributed by atoms with Gasteiger partial charge < -0.3 is 10.1 Å². The van der Waals surface area contributed by atoms with Crippen LogP contribution in [0, 0.1) is 5.82 Å². The van der Waals surface area contributed by atoms with Crippen molar-refractivity contribution >= 4 is 5.91 Å². The van der Waals surface area contributed by atoms with Gasteiger partial charge in [0.05, 0.1) is 18.5 Å². The summed E-state index contributed by atoms with van der Waals surface area (Å²) in [6.07, 6.45) is 10.9. The van der Waals surface area contributed by atoms with Gasteiger partial charge in [-0.05, 0) is 74.4 Å². The monoisotopic (exact) mass is 447 g/mol. The third-order valence-corrected chi connectivity index (χ3v) is 5.98. The van der Waals surface area contributed by atoms with Crippen molar-refractivity contribution in [3.05, 3.63) is 77.8 Å². The molecule has 6 heteroatoms. The number of ether oxygens (including phenoxy) is 1. The molecule has 0 saturated heterocycles. The molecule has 0 bridgehead atoms. The average Bonchev–Trinajstić information content (AvgIpc) is 3.28. The van der Waals surface area contributed by atoms with Gasteiger partial charge in [0.2, 0.25) is 5.91 Å². The van der Waals surface area contributed by atoms with Crippen LogP contribution in [-0.2, 0) is 11.2 Å². The topological polar surface area (TPSA) is 56.2 Å². The van der Waals surface area contributed by atoms with Crippen LogP contribution in [0.4, 0.5) is 4.39 Å². The molecule has 1 heterocycles. The highest BCUT2D eigenvalue weighted by molar-refractivity contribution is 5.76. The molecule has 0 fully saturated rings. The lowest BCUT2D eigenvalue weighted by molar-refractivity contribution is -0.121. The molecule has 1 aliphatic rings. The van der Waals surface area contributed by atoms with Crippen molar-refractivity contribution in [2.75, 3.05) is 13.7 Å². The van der Waals surface area contributed by atoms with Crippen molar-refractivity contribution in [3.8, 4) is 22.7 Å². The van der Waals surface area contributed by atoms with Crippen LogP contribution >= 0.6 is 0 Å². The van der Waals surface area contributed by atoms with Gasteiger partial charge in [0.15, 0.2) is 0 Å². The van der Waals surface area contributed by atoms with Crippen molar-refractivity contribution in [2.24, 2.45) is 0 Å². The lowest BCUT2D eigenvalue weighted by atomic mass is 9.97. The maximum absolute atomic E-state index is 13.8. The van der Waals surface area contributed by atoms with Crippen LogP contribution in [0.2, 0.25) is 0 Å². The van der Waals surface area contributed by atoms with Gasteiger partial charge in [-0.2, -0.15) is 5.10 Å². The van der Waals surface area contributed by atoms with Crippen molar-refractivity contribution in [3.63, 3.8) is 0 Å². The number of hydrogen-bond acceptors (Lipinski definition) is 3. The quantitative estimate of drug-likeness (QED) is 0.433. The molecule has 1 amide bonds. The van der Waals surface area contributed by atoms with E-state index in [4.69, 9.17) is 9.84 Å². The normalized spacial score (nSPS) is 13.5. The lowest BCUT2D eigenvalue weighted by Gasteiger charge is -2.13. The Bertz CT molecular complexity index is 1140. The average molecular weight is 448 g/mol. The van der Waals surface area contributed by atoms with Crippen LogP contribution in [0.25, 0.3) is 16.9 Å². The largest absolute Gasteiger partial charge is 0.497 e. The fourth-order valence-electron chi connectivity index (χ4n) is 4.19. The van der Waals surface area contributed by atoms with Gasteiger partial charge in [-0.3, -0.25) is 4.79 Å². The highest BCUT2D eigenvalue weighted by atomic mass is 19.1. The number of benzene rings is 2. The minimum absolute atomic E-state index is 0.0292. The van der Waals surface area contributed by atoms with Crippen LogP contribution in [0.15, 0.2) is 66.4 Å². The van der Waals surface area contributed by atoms with E-state index in [1.165, 1.54) is 30.5 Å². The van der Waals surface area contributed by atoms with Crippen molar-refractivity contribution in [1.29, 1.82) is 0 Å². The lowest BCUT2D eigenvalue weighted by Crippen LogP contribution is -2.25. The zero-order valence-electron chi connectivity index (χ0n) is 19.0. The first-order valence-corrected chi connectivity index (χ1v) is 11.6. The maximum Gasteiger partial charge on any atom is 0.220 e. The van der Waals surface area contributed by atoms with Crippen LogP contribution < -0.4 is 10.1 Å². The van der Waals surface area contributed by atoms with Gasteiger partial charge in [-0.1, -0.05) is 29.8 Å². The van der Waals surface area contributed by atoms with E-state index in [2.05, 4.69) is 11.4 Å².